The van der Waals surface area contributed by atoms with Crippen molar-refractivity contribution in [3.63, 3.8) is 0 Å². The fraction of sp³-hybridized carbons (Fsp3) is 0.333. The number of carbonyl (C=O) groups is 2. The summed E-state index contributed by atoms with van der Waals surface area (Å²) >= 11 is 0. The third kappa shape index (κ3) is 2.42. The summed E-state index contributed by atoms with van der Waals surface area (Å²) in [4.78, 5) is 26.5. The lowest BCUT2D eigenvalue weighted by molar-refractivity contribution is -0.147. The minimum absolute atomic E-state index is 0.292. The van der Waals surface area contributed by atoms with E-state index in [-0.39, 0.29) is 5.97 Å². The van der Waals surface area contributed by atoms with Crippen molar-refractivity contribution in [2.24, 2.45) is 0 Å². The van der Waals surface area contributed by atoms with Gasteiger partial charge in [0.15, 0.2) is 0 Å². The molecule has 3 rings (SSSR count). The van der Waals surface area contributed by atoms with Gasteiger partial charge in [0.1, 0.15) is 6.04 Å². The lowest BCUT2D eigenvalue weighted by Crippen LogP contribution is -2.37. The van der Waals surface area contributed by atoms with E-state index in [1.807, 2.05) is 42.2 Å². The summed E-state index contributed by atoms with van der Waals surface area (Å²) in [5, 5.41) is 0. The molecule has 2 aliphatic heterocycles. The van der Waals surface area contributed by atoms with E-state index in [4.69, 9.17) is 9.47 Å². The molecule has 0 aromatic heterocycles. The van der Waals surface area contributed by atoms with Crippen LogP contribution in [0.25, 0.3) is 11.8 Å². The summed E-state index contributed by atoms with van der Waals surface area (Å²) in [7, 11) is 1.36. The molecule has 0 radical (unpaired) electrons. The summed E-state index contributed by atoms with van der Waals surface area (Å²) in [6.45, 7) is 4.02. The number of rotatable bonds is 3. The zero-order valence-corrected chi connectivity index (χ0v) is 13.5. The molecule has 0 saturated heterocycles. The molecule has 1 aromatic rings. The molecule has 1 aromatic carbocycles. The van der Waals surface area contributed by atoms with Crippen LogP contribution in [0.4, 0.5) is 0 Å². The first kappa shape index (κ1) is 15.3. The van der Waals surface area contributed by atoms with Gasteiger partial charge in [-0.1, -0.05) is 24.3 Å². The molecule has 2 aliphatic rings. The Balaban J connectivity index is 2.15. The second-order valence-electron chi connectivity index (χ2n) is 5.53. The second-order valence-corrected chi connectivity index (χ2v) is 5.53. The number of carbonyl (C=O) groups excluding carboxylic acids is 2. The molecule has 120 valence electrons. The zero-order chi connectivity index (χ0) is 16.6. The highest BCUT2D eigenvalue weighted by Gasteiger charge is 2.43. The molecule has 5 heteroatoms. The van der Waals surface area contributed by atoms with Crippen LogP contribution in [-0.2, 0) is 19.1 Å². The predicted molar refractivity (Wildman–Crippen MR) is 85.9 cm³/mol. The Bertz CT molecular complexity index is 732. The lowest BCUT2D eigenvalue weighted by atomic mass is 9.97. The Hall–Kier alpha value is -2.56. The molecule has 0 amide bonds. The smallest absolute Gasteiger partial charge is 0.335 e. The van der Waals surface area contributed by atoms with Crippen LogP contribution in [0.1, 0.15) is 31.4 Å². The van der Waals surface area contributed by atoms with Crippen molar-refractivity contribution in [1.29, 1.82) is 0 Å². The van der Waals surface area contributed by atoms with Crippen LogP contribution >= 0.6 is 0 Å². The first-order valence-electron chi connectivity index (χ1n) is 7.63. The maximum atomic E-state index is 12.3. The minimum atomic E-state index is -0.524. The van der Waals surface area contributed by atoms with Gasteiger partial charge in [-0.25, -0.2) is 9.59 Å². The zero-order valence-electron chi connectivity index (χ0n) is 13.5. The summed E-state index contributed by atoms with van der Waals surface area (Å²) in [6.07, 6.45) is 2.31. The van der Waals surface area contributed by atoms with E-state index in [2.05, 4.69) is 0 Å². The molecule has 23 heavy (non-hydrogen) atoms. The number of methoxy groups -OCH3 is 1. The van der Waals surface area contributed by atoms with Crippen LogP contribution in [0.5, 0.6) is 0 Å². The van der Waals surface area contributed by atoms with Gasteiger partial charge in [0.05, 0.1) is 25.0 Å². The molecule has 0 fully saturated rings. The second kappa shape index (κ2) is 5.91. The SMILES string of the molecule is CCOC(=O)C1CC(C(=O)OC)=C2c3ccccc3C=C(C)N21. The maximum Gasteiger partial charge on any atom is 0.335 e. The van der Waals surface area contributed by atoms with Crippen molar-refractivity contribution in [2.75, 3.05) is 13.7 Å². The van der Waals surface area contributed by atoms with Crippen molar-refractivity contribution in [3.8, 4) is 0 Å². The molecule has 1 unspecified atom stereocenters. The molecule has 0 bridgehead atoms. The number of hydrogen-bond donors (Lipinski definition) is 0. The van der Waals surface area contributed by atoms with E-state index in [9.17, 15) is 9.59 Å². The van der Waals surface area contributed by atoms with Gasteiger partial charge < -0.3 is 14.4 Å². The van der Waals surface area contributed by atoms with Gasteiger partial charge >= 0.3 is 11.9 Å². The van der Waals surface area contributed by atoms with Gasteiger partial charge in [-0.15, -0.1) is 0 Å². The number of fused-ring (bicyclic) bond motifs is 3. The molecule has 0 spiro atoms. The summed E-state index contributed by atoms with van der Waals surface area (Å²) in [5.74, 6) is -0.725. The van der Waals surface area contributed by atoms with E-state index in [1.165, 1.54) is 7.11 Å². The average molecular weight is 313 g/mol. The van der Waals surface area contributed by atoms with Crippen LogP contribution in [0.15, 0.2) is 35.5 Å². The van der Waals surface area contributed by atoms with Crippen LogP contribution in [0.2, 0.25) is 0 Å². The van der Waals surface area contributed by atoms with Gasteiger partial charge in [-0.05, 0) is 25.5 Å². The largest absolute Gasteiger partial charge is 0.466 e. The number of hydrogen-bond acceptors (Lipinski definition) is 5. The van der Waals surface area contributed by atoms with E-state index < -0.39 is 12.0 Å². The van der Waals surface area contributed by atoms with Crippen LogP contribution in [-0.4, -0.2) is 36.6 Å². The number of nitrogens with zero attached hydrogens (tertiary/aromatic N) is 1. The third-order valence-corrected chi connectivity index (χ3v) is 4.19. The molecule has 2 heterocycles. The first-order valence-corrected chi connectivity index (χ1v) is 7.63. The molecule has 0 saturated carbocycles. The number of benzene rings is 1. The van der Waals surface area contributed by atoms with E-state index in [0.29, 0.717) is 18.6 Å². The molecular formula is C18H19NO4. The highest BCUT2D eigenvalue weighted by atomic mass is 16.5. The fourth-order valence-electron chi connectivity index (χ4n) is 3.26. The van der Waals surface area contributed by atoms with E-state index >= 15 is 0 Å². The number of allylic oxidation sites excluding steroid dienone is 1. The van der Waals surface area contributed by atoms with Gasteiger partial charge in [0.2, 0.25) is 0 Å². The average Bonchev–Trinajstić information content (AvgIpc) is 2.96. The summed E-state index contributed by atoms with van der Waals surface area (Å²) in [5.41, 5.74) is 4.15. The van der Waals surface area contributed by atoms with Crippen LogP contribution in [0, 0.1) is 0 Å². The molecule has 0 aliphatic carbocycles. The summed E-state index contributed by atoms with van der Waals surface area (Å²) in [6, 6.07) is 7.30. The van der Waals surface area contributed by atoms with Crippen molar-refractivity contribution in [1.82, 2.24) is 4.90 Å². The standard InChI is InChI=1S/C18H19NO4/c1-4-23-18(21)15-10-14(17(20)22-3)16-13-8-6-5-7-12(13)9-11(2)19(15)16/h5-9,15H,4,10H2,1-3H3. The Kier molecular flexibility index (Phi) is 3.94. The van der Waals surface area contributed by atoms with E-state index in [1.54, 1.807) is 6.92 Å². The molecule has 1 atom stereocenters. The van der Waals surface area contributed by atoms with Crippen LogP contribution in [0.3, 0.4) is 0 Å². The maximum absolute atomic E-state index is 12.3. The minimum Gasteiger partial charge on any atom is -0.466 e. The van der Waals surface area contributed by atoms with Crippen molar-refractivity contribution < 1.29 is 19.1 Å². The molecular weight excluding hydrogens is 294 g/mol. The first-order chi connectivity index (χ1) is 11.1. The van der Waals surface area contributed by atoms with Crippen molar-refractivity contribution >= 4 is 23.7 Å². The van der Waals surface area contributed by atoms with Gasteiger partial charge in [0.25, 0.3) is 0 Å². The fourth-order valence-corrected chi connectivity index (χ4v) is 3.26. The quantitative estimate of drug-likeness (QED) is 0.803. The third-order valence-electron chi connectivity index (χ3n) is 4.19. The lowest BCUT2D eigenvalue weighted by Gasteiger charge is -2.33. The Morgan fingerprint density at radius 3 is 2.74 bits per heavy atom. The topological polar surface area (TPSA) is 55.8 Å². The van der Waals surface area contributed by atoms with Crippen molar-refractivity contribution in [3.05, 3.63) is 46.7 Å². The monoisotopic (exact) mass is 313 g/mol. The highest BCUT2D eigenvalue weighted by molar-refractivity contribution is 6.03. The Morgan fingerprint density at radius 2 is 2.04 bits per heavy atom. The summed E-state index contributed by atoms with van der Waals surface area (Å²) < 4.78 is 10.1. The Labute approximate surface area is 135 Å². The predicted octanol–water partition coefficient (Wildman–Crippen LogP) is 2.58. The number of esters is 2. The van der Waals surface area contributed by atoms with Crippen molar-refractivity contribution in [2.45, 2.75) is 26.3 Å². The van der Waals surface area contributed by atoms with Crippen LogP contribution < -0.4 is 0 Å². The van der Waals surface area contributed by atoms with Gasteiger partial charge in [0, 0.05) is 17.7 Å². The van der Waals surface area contributed by atoms with Gasteiger partial charge in [-0.3, -0.25) is 0 Å². The normalized spacial score (nSPS) is 19.0. The number of ether oxygens (including phenoxy) is 2. The Morgan fingerprint density at radius 1 is 1.30 bits per heavy atom. The van der Waals surface area contributed by atoms with Gasteiger partial charge in [-0.2, -0.15) is 0 Å². The van der Waals surface area contributed by atoms with E-state index in [0.717, 1.165) is 22.5 Å². The molecule has 0 N–H and O–H groups in total. The highest BCUT2D eigenvalue weighted by Crippen LogP contribution is 2.44. The molecule has 5 nitrogen and oxygen atoms in total.